The summed E-state index contributed by atoms with van der Waals surface area (Å²) in [6.45, 7) is 6.37. The van der Waals surface area contributed by atoms with E-state index in [9.17, 15) is 9.90 Å². The van der Waals surface area contributed by atoms with Crippen molar-refractivity contribution in [1.29, 1.82) is 0 Å². The van der Waals surface area contributed by atoms with Gasteiger partial charge in [0.25, 0.3) is 0 Å². The van der Waals surface area contributed by atoms with Gasteiger partial charge >= 0.3 is 5.97 Å². The molecule has 5 heteroatoms. The van der Waals surface area contributed by atoms with Gasteiger partial charge in [0.2, 0.25) is 0 Å². The van der Waals surface area contributed by atoms with Gasteiger partial charge < -0.3 is 5.11 Å². The number of carbonyl (C=O) groups is 1. The molecule has 2 unspecified atom stereocenters. The standard InChI is InChI=1S/C17H26ClNO2S/c1-4-6-7-13(5-2)9-14(10-17(20)21)22-15-11-19-16(18)8-12(15)3/h8,11,13-14H,4-7,9-10H2,1-3H3,(H,20,21). The van der Waals surface area contributed by atoms with Crippen molar-refractivity contribution in [3.8, 4) is 0 Å². The number of hydrogen-bond donors (Lipinski definition) is 1. The number of aromatic nitrogens is 1. The first-order valence-corrected chi connectivity index (χ1v) is 9.22. The number of aryl methyl sites for hydroxylation is 1. The fourth-order valence-electron chi connectivity index (χ4n) is 2.53. The van der Waals surface area contributed by atoms with Gasteiger partial charge in [-0.2, -0.15) is 0 Å². The van der Waals surface area contributed by atoms with Gasteiger partial charge in [-0.05, 0) is 30.9 Å². The molecule has 0 saturated heterocycles. The van der Waals surface area contributed by atoms with Crippen molar-refractivity contribution < 1.29 is 9.90 Å². The van der Waals surface area contributed by atoms with Gasteiger partial charge in [-0.25, -0.2) is 4.98 Å². The Balaban J connectivity index is 2.76. The van der Waals surface area contributed by atoms with E-state index in [-0.39, 0.29) is 11.7 Å². The Hall–Kier alpha value is -0.740. The molecular weight excluding hydrogens is 318 g/mol. The van der Waals surface area contributed by atoms with Crippen molar-refractivity contribution in [3.05, 3.63) is 23.0 Å². The predicted molar refractivity (Wildman–Crippen MR) is 93.8 cm³/mol. The van der Waals surface area contributed by atoms with Crippen LogP contribution < -0.4 is 0 Å². The molecule has 0 spiro atoms. The molecule has 0 aromatic carbocycles. The largest absolute Gasteiger partial charge is 0.481 e. The Bertz CT molecular complexity index is 482. The second-order valence-electron chi connectivity index (χ2n) is 5.76. The lowest BCUT2D eigenvalue weighted by Crippen LogP contribution is -2.15. The summed E-state index contributed by atoms with van der Waals surface area (Å²) in [7, 11) is 0. The van der Waals surface area contributed by atoms with Gasteiger partial charge in [-0.3, -0.25) is 4.79 Å². The van der Waals surface area contributed by atoms with Gasteiger partial charge in [0.05, 0.1) is 6.42 Å². The molecular formula is C17H26ClNO2S. The van der Waals surface area contributed by atoms with E-state index >= 15 is 0 Å². The topological polar surface area (TPSA) is 50.2 Å². The number of pyridine rings is 1. The van der Waals surface area contributed by atoms with E-state index in [4.69, 9.17) is 11.6 Å². The Morgan fingerprint density at radius 3 is 2.73 bits per heavy atom. The molecule has 0 aliphatic carbocycles. The lowest BCUT2D eigenvalue weighted by molar-refractivity contribution is -0.137. The third-order valence-electron chi connectivity index (χ3n) is 3.86. The Morgan fingerprint density at radius 1 is 1.45 bits per heavy atom. The number of halogens is 1. The third-order valence-corrected chi connectivity index (χ3v) is 5.45. The van der Waals surface area contributed by atoms with Crippen LogP contribution in [0.1, 0.15) is 57.9 Å². The molecule has 0 saturated carbocycles. The van der Waals surface area contributed by atoms with E-state index in [0.29, 0.717) is 11.1 Å². The first-order chi connectivity index (χ1) is 10.5. The van der Waals surface area contributed by atoms with E-state index in [1.807, 2.05) is 13.0 Å². The number of unbranched alkanes of at least 4 members (excludes halogenated alkanes) is 1. The molecule has 0 radical (unpaired) electrons. The number of aliphatic carboxylic acids is 1. The molecule has 124 valence electrons. The van der Waals surface area contributed by atoms with Gasteiger partial charge in [-0.15, -0.1) is 11.8 Å². The third kappa shape index (κ3) is 7.01. The molecule has 2 atom stereocenters. The molecule has 22 heavy (non-hydrogen) atoms. The van der Waals surface area contributed by atoms with Crippen molar-refractivity contribution in [1.82, 2.24) is 4.98 Å². The molecule has 1 rings (SSSR count). The number of hydrogen-bond acceptors (Lipinski definition) is 3. The van der Waals surface area contributed by atoms with Crippen molar-refractivity contribution >= 4 is 29.3 Å². The van der Waals surface area contributed by atoms with E-state index in [2.05, 4.69) is 18.8 Å². The summed E-state index contributed by atoms with van der Waals surface area (Å²) in [6.07, 6.45) is 7.57. The van der Waals surface area contributed by atoms with E-state index in [1.54, 1.807) is 18.0 Å². The highest BCUT2D eigenvalue weighted by molar-refractivity contribution is 8.00. The van der Waals surface area contributed by atoms with Crippen molar-refractivity contribution in [2.24, 2.45) is 5.92 Å². The Kier molecular flexibility index (Phi) is 8.88. The normalized spacial score (nSPS) is 13.8. The maximum atomic E-state index is 11.2. The average Bonchev–Trinajstić information content (AvgIpc) is 2.45. The van der Waals surface area contributed by atoms with Crippen LogP contribution in [-0.4, -0.2) is 21.3 Å². The average molecular weight is 344 g/mol. The fourth-order valence-corrected chi connectivity index (χ4v) is 4.06. The first-order valence-electron chi connectivity index (χ1n) is 7.96. The molecule has 1 heterocycles. The zero-order chi connectivity index (χ0) is 16.5. The minimum atomic E-state index is -0.734. The van der Waals surface area contributed by atoms with E-state index in [0.717, 1.165) is 23.3 Å². The SMILES string of the molecule is CCCCC(CC)CC(CC(=O)O)Sc1cnc(Cl)cc1C. The lowest BCUT2D eigenvalue weighted by atomic mass is 9.93. The van der Waals surface area contributed by atoms with Crippen LogP contribution in [-0.2, 0) is 4.79 Å². The van der Waals surface area contributed by atoms with Crippen molar-refractivity contribution in [2.45, 2.75) is 69.4 Å². The zero-order valence-corrected chi connectivity index (χ0v) is 15.2. The van der Waals surface area contributed by atoms with Crippen molar-refractivity contribution in [3.63, 3.8) is 0 Å². The molecule has 0 amide bonds. The molecule has 3 nitrogen and oxygen atoms in total. The van der Waals surface area contributed by atoms with Crippen LogP contribution >= 0.6 is 23.4 Å². The minimum absolute atomic E-state index is 0.0842. The molecule has 1 aromatic heterocycles. The summed E-state index contributed by atoms with van der Waals surface area (Å²) < 4.78 is 0. The second-order valence-corrected chi connectivity index (χ2v) is 7.49. The number of rotatable bonds is 10. The summed E-state index contributed by atoms with van der Waals surface area (Å²) in [5.74, 6) is -0.139. The number of nitrogens with zero attached hydrogens (tertiary/aromatic N) is 1. The molecule has 0 bridgehead atoms. The predicted octanol–water partition coefficient (Wildman–Crippen LogP) is 5.59. The zero-order valence-electron chi connectivity index (χ0n) is 13.6. The summed E-state index contributed by atoms with van der Waals surface area (Å²) in [5.41, 5.74) is 1.06. The Labute approximate surface area is 142 Å². The fraction of sp³-hybridized carbons (Fsp3) is 0.647. The quantitative estimate of drug-likeness (QED) is 0.444. The van der Waals surface area contributed by atoms with E-state index in [1.165, 1.54) is 19.3 Å². The molecule has 1 N–H and O–H groups in total. The first kappa shape index (κ1) is 19.3. The monoisotopic (exact) mass is 343 g/mol. The summed E-state index contributed by atoms with van der Waals surface area (Å²) >= 11 is 7.51. The molecule has 1 aromatic rings. The van der Waals surface area contributed by atoms with Crippen LogP contribution in [0.2, 0.25) is 5.15 Å². The van der Waals surface area contributed by atoms with Gasteiger partial charge in [0.1, 0.15) is 5.15 Å². The van der Waals surface area contributed by atoms with Gasteiger partial charge in [0.15, 0.2) is 0 Å². The molecule has 0 fully saturated rings. The summed E-state index contributed by atoms with van der Waals surface area (Å²) in [4.78, 5) is 16.3. The highest BCUT2D eigenvalue weighted by atomic mass is 35.5. The van der Waals surface area contributed by atoms with Crippen molar-refractivity contribution in [2.75, 3.05) is 0 Å². The highest BCUT2D eigenvalue weighted by Crippen LogP contribution is 2.34. The summed E-state index contributed by atoms with van der Waals surface area (Å²) in [5, 5.41) is 9.75. The van der Waals surface area contributed by atoms with Crippen LogP contribution in [0.4, 0.5) is 0 Å². The molecule has 0 aliphatic heterocycles. The second kappa shape index (κ2) is 10.1. The van der Waals surface area contributed by atoms with Gasteiger partial charge in [-0.1, -0.05) is 51.1 Å². The van der Waals surface area contributed by atoms with Crippen LogP contribution in [0.25, 0.3) is 0 Å². The minimum Gasteiger partial charge on any atom is -0.481 e. The number of carboxylic acid groups (broad SMARTS) is 1. The Morgan fingerprint density at radius 2 is 2.18 bits per heavy atom. The highest BCUT2D eigenvalue weighted by Gasteiger charge is 2.20. The van der Waals surface area contributed by atoms with Gasteiger partial charge in [0, 0.05) is 16.3 Å². The maximum absolute atomic E-state index is 11.2. The maximum Gasteiger partial charge on any atom is 0.304 e. The van der Waals surface area contributed by atoms with E-state index < -0.39 is 5.97 Å². The number of thioether (sulfide) groups is 1. The lowest BCUT2D eigenvalue weighted by Gasteiger charge is -2.22. The van der Waals surface area contributed by atoms with Crippen LogP contribution in [0.5, 0.6) is 0 Å². The van der Waals surface area contributed by atoms with Crippen LogP contribution in [0.15, 0.2) is 17.2 Å². The van der Waals surface area contributed by atoms with Crippen LogP contribution in [0, 0.1) is 12.8 Å². The number of carboxylic acids is 1. The van der Waals surface area contributed by atoms with Crippen LogP contribution in [0.3, 0.4) is 0 Å². The smallest absolute Gasteiger partial charge is 0.304 e. The molecule has 0 aliphatic rings. The summed E-state index contributed by atoms with van der Waals surface area (Å²) in [6, 6.07) is 1.83.